The van der Waals surface area contributed by atoms with Gasteiger partial charge in [-0.05, 0) is 68.1 Å². The normalized spacial score (nSPS) is 11.4. The fourth-order valence-electron chi connectivity index (χ4n) is 4.29. The third-order valence-electron chi connectivity index (χ3n) is 6.10. The molecule has 0 unspecified atom stereocenters. The maximum atomic E-state index is 13.7. The molecule has 38 heavy (non-hydrogen) atoms. The predicted molar refractivity (Wildman–Crippen MR) is 149 cm³/mol. The first-order chi connectivity index (χ1) is 18.3. The lowest BCUT2D eigenvalue weighted by Crippen LogP contribution is -2.21. The number of hydrogen-bond acceptors (Lipinski definition) is 7. The molecule has 0 atom stereocenters. The highest BCUT2D eigenvalue weighted by molar-refractivity contribution is 5.86. The molecule has 3 aromatic carbocycles. The highest BCUT2D eigenvalue weighted by Gasteiger charge is 2.20. The van der Waals surface area contributed by atoms with Crippen LogP contribution in [0.3, 0.4) is 0 Å². The van der Waals surface area contributed by atoms with Gasteiger partial charge in [-0.2, -0.15) is 9.78 Å². The number of para-hydroxylation sites is 2. The number of nitro groups is 1. The number of aromatic nitrogens is 2. The Morgan fingerprint density at radius 2 is 1.82 bits per heavy atom. The van der Waals surface area contributed by atoms with Crippen LogP contribution in [-0.2, 0) is 0 Å². The van der Waals surface area contributed by atoms with Gasteiger partial charge in [-0.3, -0.25) is 14.9 Å². The summed E-state index contributed by atoms with van der Waals surface area (Å²) >= 11 is 0. The van der Waals surface area contributed by atoms with Crippen LogP contribution in [0.15, 0.2) is 64.5 Å². The first kappa shape index (κ1) is 26.5. The van der Waals surface area contributed by atoms with Crippen molar-refractivity contribution in [1.82, 2.24) is 9.66 Å². The van der Waals surface area contributed by atoms with Gasteiger partial charge in [0.05, 0.1) is 35.3 Å². The van der Waals surface area contributed by atoms with Gasteiger partial charge in [0, 0.05) is 17.2 Å². The monoisotopic (exact) mass is 514 g/mol. The van der Waals surface area contributed by atoms with Crippen molar-refractivity contribution < 1.29 is 14.4 Å². The fourth-order valence-corrected chi connectivity index (χ4v) is 4.29. The highest BCUT2D eigenvalue weighted by Crippen LogP contribution is 2.34. The summed E-state index contributed by atoms with van der Waals surface area (Å²) in [6, 6.07) is 15.6. The van der Waals surface area contributed by atoms with E-state index in [2.05, 4.69) is 18.9 Å². The van der Waals surface area contributed by atoms with Crippen LogP contribution in [0.5, 0.6) is 11.5 Å². The Bertz CT molecular complexity index is 1590. The molecule has 0 saturated carbocycles. The van der Waals surface area contributed by atoms with Gasteiger partial charge in [0.15, 0.2) is 5.82 Å². The van der Waals surface area contributed by atoms with Crippen LogP contribution in [-0.4, -0.2) is 34.0 Å². The van der Waals surface area contributed by atoms with Gasteiger partial charge in [0.2, 0.25) is 5.75 Å². The second-order valence-corrected chi connectivity index (χ2v) is 8.99. The largest absolute Gasteiger partial charge is 0.494 e. The number of nitro benzene ring substituents is 1. The van der Waals surface area contributed by atoms with Crippen molar-refractivity contribution in [3.05, 3.63) is 91.8 Å². The predicted octanol–water partition coefficient (Wildman–Crippen LogP) is 6.08. The van der Waals surface area contributed by atoms with E-state index in [1.807, 2.05) is 32.0 Å². The van der Waals surface area contributed by atoms with E-state index < -0.39 is 4.92 Å². The van der Waals surface area contributed by atoms with Crippen LogP contribution in [0.25, 0.3) is 22.3 Å². The Morgan fingerprint density at radius 1 is 1.08 bits per heavy atom. The average Bonchev–Trinajstić information content (AvgIpc) is 2.89. The molecule has 0 aliphatic rings. The molecule has 0 amide bonds. The van der Waals surface area contributed by atoms with Crippen molar-refractivity contribution in [3.63, 3.8) is 0 Å². The molecule has 0 aliphatic heterocycles. The van der Waals surface area contributed by atoms with E-state index in [4.69, 9.17) is 14.5 Å². The van der Waals surface area contributed by atoms with Crippen molar-refractivity contribution in [3.8, 4) is 22.9 Å². The topological polar surface area (TPSA) is 109 Å². The van der Waals surface area contributed by atoms with E-state index in [0.29, 0.717) is 28.9 Å². The minimum absolute atomic E-state index is 0.0893. The van der Waals surface area contributed by atoms with Crippen LogP contribution >= 0.6 is 0 Å². The van der Waals surface area contributed by atoms with Crippen molar-refractivity contribution >= 4 is 22.8 Å². The standard InChI is InChI=1S/C29H30N4O5/c1-6-37-26-15-19(5)23(16-22(26)18(3)4)28-31-24-13-9-8-12-21(24)29(34)32(28)30-17-20-11-10-14-25(33(35)36)27(20)38-7-2/h8-18H,6-7H2,1-5H3. The zero-order chi connectivity index (χ0) is 27.4. The molecule has 0 fully saturated rings. The van der Waals surface area contributed by atoms with Crippen molar-refractivity contribution in [2.75, 3.05) is 13.2 Å². The fraction of sp³-hybridized carbons (Fsp3) is 0.276. The van der Waals surface area contributed by atoms with E-state index >= 15 is 0 Å². The molecule has 9 nitrogen and oxygen atoms in total. The van der Waals surface area contributed by atoms with Gasteiger partial charge in [0.25, 0.3) is 5.56 Å². The number of aryl methyl sites for hydroxylation is 1. The molecule has 196 valence electrons. The number of ether oxygens (including phenoxy) is 2. The molecule has 4 rings (SSSR count). The van der Waals surface area contributed by atoms with Gasteiger partial charge in [-0.1, -0.05) is 32.0 Å². The summed E-state index contributed by atoms with van der Waals surface area (Å²) in [6.07, 6.45) is 1.40. The molecule has 0 spiro atoms. The lowest BCUT2D eigenvalue weighted by Gasteiger charge is -2.18. The maximum Gasteiger partial charge on any atom is 0.311 e. The third kappa shape index (κ3) is 5.13. The number of benzene rings is 3. The van der Waals surface area contributed by atoms with Crippen LogP contribution < -0.4 is 15.0 Å². The van der Waals surface area contributed by atoms with Gasteiger partial charge < -0.3 is 9.47 Å². The molecule has 0 radical (unpaired) electrons. The molecular formula is C29H30N4O5. The molecule has 4 aromatic rings. The Kier molecular flexibility index (Phi) is 7.85. The summed E-state index contributed by atoms with van der Waals surface area (Å²) in [6.45, 7) is 10.5. The first-order valence-electron chi connectivity index (χ1n) is 12.5. The summed E-state index contributed by atoms with van der Waals surface area (Å²) in [5.41, 5.74) is 2.98. The van der Waals surface area contributed by atoms with Crippen LogP contribution in [0.1, 0.15) is 50.3 Å². The van der Waals surface area contributed by atoms with Crippen LogP contribution in [0, 0.1) is 17.0 Å². The smallest absolute Gasteiger partial charge is 0.311 e. The lowest BCUT2D eigenvalue weighted by atomic mass is 9.96. The average molecular weight is 515 g/mol. The number of fused-ring (bicyclic) bond motifs is 1. The molecule has 1 aromatic heterocycles. The second kappa shape index (κ2) is 11.2. The van der Waals surface area contributed by atoms with Crippen molar-refractivity contribution in [1.29, 1.82) is 0 Å². The number of hydrogen-bond donors (Lipinski definition) is 0. The zero-order valence-corrected chi connectivity index (χ0v) is 22.1. The summed E-state index contributed by atoms with van der Waals surface area (Å²) in [7, 11) is 0. The molecule has 0 bridgehead atoms. The summed E-state index contributed by atoms with van der Waals surface area (Å²) in [4.78, 5) is 29.6. The van der Waals surface area contributed by atoms with E-state index in [-0.39, 0.29) is 29.5 Å². The first-order valence-corrected chi connectivity index (χ1v) is 12.5. The molecule has 0 N–H and O–H groups in total. The Morgan fingerprint density at radius 3 is 2.50 bits per heavy atom. The quantitative estimate of drug-likeness (QED) is 0.152. The highest BCUT2D eigenvalue weighted by atomic mass is 16.6. The van der Waals surface area contributed by atoms with E-state index in [1.165, 1.54) is 17.0 Å². The Hall–Kier alpha value is -4.53. The van der Waals surface area contributed by atoms with Gasteiger partial charge in [-0.15, -0.1) is 0 Å². The summed E-state index contributed by atoms with van der Waals surface area (Å²) < 4.78 is 12.7. The van der Waals surface area contributed by atoms with Gasteiger partial charge >= 0.3 is 5.69 Å². The molecule has 9 heteroatoms. The minimum atomic E-state index is -0.506. The van der Waals surface area contributed by atoms with Crippen LogP contribution in [0.2, 0.25) is 0 Å². The molecule has 0 saturated heterocycles. The zero-order valence-electron chi connectivity index (χ0n) is 22.1. The van der Waals surface area contributed by atoms with E-state index in [0.717, 1.165) is 22.4 Å². The lowest BCUT2D eigenvalue weighted by molar-refractivity contribution is -0.385. The molecule has 0 aliphatic carbocycles. The van der Waals surface area contributed by atoms with Gasteiger partial charge in [-0.25, -0.2) is 4.98 Å². The number of rotatable bonds is 9. The second-order valence-electron chi connectivity index (χ2n) is 8.99. The van der Waals surface area contributed by atoms with E-state index in [1.54, 1.807) is 37.3 Å². The van der Waals surface area contributed by atoms with Crippen molar-refractivity contribution in [2.24, 2.45) is 5.10 Å². The third-order valence-corrected chi connectivity index (χ3v) is 6.10. The van der Waals surface area contributed by atoms with Gasteiger partial charge in [0.1, 0.15) is 5.75 Å². The summed E-state index contributed by atoms with van der Waals surface area (Å²) in [5, 5.41) is 16.5. The maximum absolute atomic E-state index is 13.7. The SMILES string of the molecule is CCOc1cc(C)c(-c2nc3ccccc3c(=O)n2N=Cc2cccc([N+](=O)[O-])c2OCC)cc1C(C)C. The minimum Gasteiger partial charge on any atom is -0.494 e. The van der Waals surface area contributed by atoms with Crippen LogP contribution in [0.4, 0.5) is 5.69 Å². The van der Waals surface area contributed by atoms with E-state index in [9.17, 15) is 14.9 Å². The van der Waals surface area contributed by atoms with Crippen molar-refractivity contribution in [2.45, 2.75) is 40.5 Å². The Labute approximate surface area is 220 Å². The molecule has 1 heterocycles. The number of nitrogens with zero attached hydrogens (tertiary/aromatic N) is 4. The summed E-state index contributed by atoms with van der Waals surface area (Å²) in [5.74, 6) is 1.40. The molecular weight excluding hydrogens is 484 g/mol. The Balaban J connectivity index is 1.98.